The first-order valence-electron chi connectivity index (χ1n) is 12.3. The Morgan fingerprint density at radius 1 is 1.20 bits per heavy atom. The van der Waals surface area contributed by atoms with Crippen LogP contribution in [0.25, 0.3) is 11.3 Å². The molecule has 0 radical (unpaired) electrons. The van der Waals surface area contributed by atoms with Crippen LogP contribution in [0.1, 0.15) is 54.6 Å². The van der Waals surface area contributed by atoms with Crippen molar-refractivity contribution in [3.8, 4) is 22.8 Å². The predicted octanol–water partition coefficient (Wildman–Crippen LogP) is 3.40. The van der Waals surface area contributed by atoms with Crippen molar-refractivity contribution in [2.45, 2.75) is 45.1 Å². The Morgan fingerprint density at radius 3 is 2.40 bits per heavy atom. The maximum Gasteiger partial charge on any atom is 0.254 e. The van der Waals surface area contributed by atoms with Crippen LogP contribution in [0.15, 0.2) is 24.8 Å². The molecule has 0 spiro atoms. The molecule has 0 aliphatic carbocycles. The monoisotopic (exact) mass is 481 g/mol. The van der Waals surface area contributed by atoms with E-state index in [9.17, 15) is 9.59 Å². The number of hydrogen-bond donors (Lipinski definition) is 2. The van der Waals surface area contributed by atoms with Gasteiger partial charge in [-0.3, -0.25) is 9.59 Å². The molecule has 1 unspecified atom stereocenters. The molecule has 4 rings (SSSR count). The van der Waals surface area contributed by atoms with Gasteiger partial charge in [0.2, 0.25) is 5.91 Å². The number of nitrogens with one attached hydrogen (secondary N) is 1. The van der Waals surface area contributed by atoms with Crippen LogP contribution in [0.5, 0.6) is 11.5 Å². The zero-order chi connectivity index (χ0) is 25.1. The number of ether oxygens (including phenoxy) is 2. The number of piperidine rings is 1. The Labute approximate surface area is 206 Å². The fraction of sp³-hybridized carbons (Fsp3) is 0.500. The summed E-state index contributed by atoms with van der Waals surface area (Å²) in [4.78, 5) is 26.5. The zero-order valence-electron chi connectivity index (χ0n) is 20.8. The molecular formula is C26H35N5O4. The first kappa shape index (κ1) is 24.6. The fourth-order valence-electron chi connectivity index (χ4n) is 5.43. The van der Waals surface area contributed by atoms with Crippen LogP contribution < -0.4 is 20.5 Å². The van der Waals surface area contributed by atoms with E-state index in [2.05, 4.69) is 18.8 Å². The minimum absolute atomic E-state index is 0.0266. The van der Waals surface area contributed by atoms with Crippen LogP contribution >= 0.6 is 0 Å². The predicted molar refractivity (Wildman–Crippen MR) is 135 cm³/mol. The smallest absolute Gasteiger partial charge is 0.254 e. The number of methoxy groups -OCH3 is 2. The average molecular weight is 482 g/mol. The lowest BCUT2D eigenvalue weighted by Gasteiger charge is -2.38. The maximum atomic E-state index is 12.7. The second-order valence-corrected chi connectivity index (χ2v) is 9.14. The van der Waals surface area contributed by atoms with Crippen LogP contribution in [0, 0.1) is 5.92 Å². The molecule has 1 fully saturated rings. The van der Waals surface area contributed by atoms with Crippen LogP contribution in [-0.4, -0.2) is 60.3 Å². The summed E-state index contributed by atoms with van der Waals surface area (Å²) >= 11 is 0. The molecule has 2 aromatic rings. The highest BCUT2D eigenvalue weighted by atomic mass is 16.5. The third kappa shape index (κ3) is 4.59. The van der Waals surface area contributed by atoms with Crippen LogP contribution in [0.2, 0.25) is 0 Å². The summed E-state index contributed by atoms with van der Waals surface area (Å²) in [7, 11) is 3.26. The highest BCUT2D eigenvalue weighted by Crippen LogP contribution is 2.42. The van der Waals surface area contributed by atoms with Gasteiger partial charge in [-0.2, -0.15) is 5.10 Å². The summed E-state index contributed by atoms with van der Waals surface area (Å²) in [5.41, 5.74) is 8.49. The van der Waals surface area contributed by atoms with Crippen molar-refractivity contribution in [2.75, 3.05) is 39.2 Å². The van der Waals surface area contributed by atoms with Crippen LogP contribution in [-0.2, 0) is 11.2 Å². The number of benzene rings is 1. The molecule has 3 N–H and O–H groups in total. The number of hydrogen-bond acceptors (Lipinski definition) is 6. The first-order valence-corrected chi connectivity index (χ1v) is 12.3. The minimum Gasteiger partial charge on any atom is -0.496 e. The number of nitrogens with two attached hydrogens (primary N) is 1. The number of amides is 2. The molecule has 1 aromatic carbocycles. The summed E-state index contributed by atoms with van der Waals surface area (Å²) in [6, 6.07) is 3.92. The van der Waals surface area contributed by atoms with Crippen molar-refractivity contribution in [3.05, 3.63) is 35.9 Å². The van der Waals surface area contributed by atoms with E-state index in [0.717, 1.165) is 49.8 Å². The molecule has 0 bridgehead atoms. The Morgan fingerprint density at radius 2 is 1.86 bits per heavy atom. The standard InChI is InChI=1S/C26H35N5O4/c1-5-7-18-20(34-3)14-17(15-21(18)35-4)24-23(25(27)33)26-28-11-8-19(31(26)29-24)16-9-12-30(13-10-16)22(32)6-2/h6,14-16,19,28H,2,5,7-13H2,1,3-4H3,(H2,27,33). The van der Waals surface area contributed by atoms with E-state index >= 15 is 0 Å². The fourth-order valence-corrected chi connectivity index (χ4v) is 5.43. The lowest BCUT2D eigenvalue weighted by Crippen LogP contribution is -2.41. The molecule has 3 heterocycles. The average Bonchev–Trinajstić information content (AvgIpc) is 3.28. The number of carbonyl (C=O) groups excluding carboxylic acids is 2. The van der Waals surface area contributed by atoms with E-state index in [0.29, 0.717) is 47.6 Å². The number of primary amides is 1. The van der Waals surface area contributed by atoms with E-state index < -0.39 is 5.91 Å². The molecule has 2 aliphatic heterocycles. The number of likely N-dealkylation sites (tertiary alicyclic amines) is 1. The van der Waals surface area contributed by atoms with Gasteiger partial charge in [-0.1, -0.05) is 19.9 Å². The van der Waals surface area contributed by atoms with Gasteiger partial charge < -0.3 is 25.4 Å². The van der Waals surface area contributed by atoms with Gasteiger partial charge >= 0.3 is 0 Å². The molecule has 1 saturated heterocycles. The number of anilines is 1. The molecule has 2 aliphatic rings. The summed E-state index contributed by atoms with van der Waals surface area (Å²) in [5, 5.41) is 8.30. The van der Waals surface area contributed by atoms with E-state index in [1.165, 1.54) is 6.08 Å². The van der Waals surface area contributed by atoms with Crippen molar-refractivity contribution < 1.29 is 19.1 Å². The topological polar surface area (TPSA) is 112 Å². The number of nitrogens with zero attached hydrogens (tertiary/aromatic N) is 3. The largest absolute Gasteiger partial charge is 0.496 e. The van der Waals surface area contributed by atoms with Crippen molar-refractivity contribution in [1.29, 1.82) is 0 Å². The summed E-state index contributed by atoms with van der Waals surface area (Å²) in [6.45, 7) is 7.81. The minimum atomic E-state index is -0.531. The first-order chi connectivity index (χ1) is 16.9. The van der Waals surface area contributed by atoms with Crippen molar-refractivity contribution >= 4 is 17.6 Å². The van der Waals surface area contributed by atoms with Gasteiger partial charge in [-0.25, -0.2) is 4.68 Å². The van der Waals surface area contributed by atoms with E-state index in [4.69, 9.17) is 20.3 Å². The number of carbonyl (C=O) groups is 2. The normalized spacial score (nSPS) is 17.9. The zero-order valence-corrected chi connectivity index (χ0v) is 20.8. The van der Waals surface area contributed by atoms with Crippen molar-refractivity contribution in [3.63, 3.8) is 0 Å². The Hall–Kier alpha value is -3.49. The number of fused-ring (bicyclic) bond motifs is 1. The van der Waals surface area contributed by atoms with E-state index in [1.54, 1.807) is 14.2 Å². The Kier molecular flexibility index (Phi) is 7.33. The summed E-state index contributed by atoms with van der Waals surface area (Å²) in [5.74, 6) is 1.84. The lowest BCUT2D eigenvalue weighted by molar-refractivity contribution is -0.127. The molecule has 35 heavy (non-hydrogen) atoms. The highest BCUT2D eigenvalue weighted by molar-refractivity contribution is 6.04. The molecule has 1 aromatic heterocycles. The molecular weight excluding hydrogens is 446 g/mol. The molecule has 9 nitrogen and oxygen atoms in total. The molecule has 1 atom stereocenters. The lowest BCUT2D eigenvalue weighted by atomic mass is 9.87. The number of aromatic nitrogens is 2. The van der Waals surface area contributed by atoms with E-state index in [-0.39, 0.29) is 11.9 Å². The van der Waals surface area contributed by atoms with Gasteiger partial charge in [0.25, 0.3) is 5.91 Å². The van der Waals surface area contributed by atoms with Crippen LogP contribution in [0.4, 0.5) is 5.82 Å². The highest BCUT2D eigenvalue weighted by Gasteiger charge is 2.36. The van der Waals surface area contributed by atoms with Crippen molar-refractivity contribution in [1.82, 2.24) is 14.7 Å². The van der Waals surface area contributed by atoms with E-state index in [1.807, 2.05) is 21.7 Å². The third-order valence-corrected chi connectivity index (χ3v) is 7.15. The van der Waals surface area contributed by atoms with Gasteiger partial charge in [-0.05, 0) is 49.8 Å². The Bertz CT molecular complexity index is 1090. The second kappa shape index (κ2) is 10.4. The third-order valence-electron chi connectivity index (χ3n) is 7.15. The maximum absolute atomic E-state index is 12.7. The van der Waals surface area contributed by atoms with Crippen LogP contribution in [0.3, 0.4) is 0 Å². The molecule has 9 heteroatoms. The van der Waals surface area contributed by atoms with Gasteiger partial charge in [0.05, 0.1) is 20.3 Å². The van der Waals surface area contributed by atoms with Crippen molar-refractivity contribution in [2.24, 2.45) is 11.7 Å². The quantitative estimate of drug-likeness (QED) is 0.559. The molecule has 188 valence electrons. The van der Waals surface area contributed by atoms with Gasteiger partial charge in [0, 0.05) is 30.8 Å². The Balaban J connectivity index is 1.74. The number of rotatable bonds is 8. The summed E-state index contributed by atoms with van der Waals surface area (Å²) < 4.78 is 13.3. The summed E-state index contributed by atoms with van der Waals surface area (Å²) in [6.07, 6.45) is 5.76. The van der Waals surface area contributed by atoms with Gasteiger partial charge in [-0.15, -0.1) is 0 Å². The molecule has 0 saturated carbocycles. The SMILES string of the molecule is C=CC(=O)N1CCC(C2CCNc3c(C(N)=O)c(-c4cc(OC)c(CCC)c(OC)c4)nn32)CC1. The van der Waals surface area contributed by atoms with Gasteiger partial charge in [0.15, 0.2) is 0 Å². The second-order valence-electron chi connectivity index (χ2n) is 9.14. The van der Waals surface area contributed by atoms with Gasteiger partial charge in [0.1, 0.15) is 28.6 Å². The molecule has 2 amide bonds.